The highest BCUT2D eigenvalue weighted by atomic mass is 16.3. The number of carbonyl (C=O) groups is 3. The van der Waals surface area contributed by atoms with Crippen molar-refractivity contribution in [2.75, 3.05) is 25.1 Å². The predicted octanol–water partition coefficient (Wildman–Crippen LogP) is 0.640. The molecular weight excluding hydrogens is 298 g/mol. The Morgan fingerprint density at radius 3 is 2.61 bits per heavy atom. The maximum atomic E-state index is 12.6. The molecule has 0 aliphatic carbocycles. The number of nitrogens with zero attached hydrogens (tertiary/aromatic N) is 2. The minimum absolute atomic E-state index is 0.114. The first-order valence-corrected chi connectivity index (χ1v) is 7.30. The van der Waals surface area contributed by atoms with E-state index in [1.807, 2.05) is 19.1 Å². The number of aryl methyl sites for hydroxylation is 1. The highest BCUT2D eigenvalue weighted by Gasteiger charge is 2.37. The third-order valence-corrected chi connectivity index (χ3v) is 3.52. The Labute approximate surface area is 134 Å². The molecule has 7 heteroatoms. The summed E-state index contributed by atoms with van der Waals surface area (Å²) in [6.07, 6.45) is 1.98. The molecular formula is C16H19N3O4. The number of rotatable bonds is 5. The van der Waals surface area contributed by atoms with E-state index in [9.17, 15) is 14.4 Å². The summed E-state index contributed by atoms with van der Waals surface area (Å²) in [5, 5.41) is 11.1. The second-order valence-corrected chi connectivity index (χ2v) is 5.13. The SMILES string of the molecule is CCc1ccccc1N1C(=O)NC(=O)/C(=C\N(C)CCO)C1=O. The summed E-state index contributed by atoms with van der Waals surface area (Å²) in [7, 11) is 1.63. The molecule has 1 fully saturated rings. The van der Waals surface area contributed by atoms with Crippen molar-refractivity contribution in [1.82, 2.24) is 10.2 Å². The van der Waals surface area contributed by atoms with E-state index in [4.69, 9.17) is 5.11 Å². The number of aliphatic hydroxyl groups excluding tert-OH is 1. The van der Waals surface area contributed by atoms with Crippen LogP contribution in [0.25, 0.3) is 0 Å². The van der Waals surface area contributed by atoms with Gasteiger partial charge in [0, 0.05) is 19.8 Å². The molecule has 1 aliphatic rings. The Morgan fingerprint density at radius 2 is 1.96 bits per heavy atom. The second kappa shape index (κ2) is 7.06. The van der Waals surface area contributed by atoms with Gasteiger partial charge in [-0.25, -0.2) is 9.69 Å². The maximum absolute atomic E-state index is 12.6. The van der Waals surface area contributed by atoms with Crippen LogP contribution in [-0.4, -0.2) is 48.1 Å². The molecule has 0 saturated carbocycles. The fourth-order valence-corrected chi connectivity index (χ4v) is 2.33. The lowest BCUT2D eigenvalue weighted by atomic mass is 10.1. The van der Waals surface area contributed by atoms with E-state index < -0.39 is 17.8 Å². The van der Waals surface area contributed by atoms with Gasteiger partial charge in [0.15, 0.2) is 0 Å². The number of benzene rings is 1. The van der Waals surface area contributed by atoms with Crippen LogP contribution in [0.3, 0.4) is 0 Å². The molecule has 1 aliphatic heterocycles. The van der Waals surface area contributed by atoms with E-state index in [-0.39, 0.29) is 18.7 Å². The van der Waals surface area contributed by atoms with E-state index in [1.165, 1.54) is 11.1 Å². The average Bonchev–Trinajstić information content (AvgIpc) is 2.52. The smallest absolute Gasteiger partial charge is 0.335 e. The van der Waals surface area contributed by atoms with E-state index in [0.717, 1.165) is 10.5 Å². The number of hydrogen-bond acceptors (Lipinski definition) is 5. The molecule has 0 radical (unpaired) electrons. The molecule has 2 rings (SSSR count). The van der Waals surface area contributed by atoms with Crippen LogP contribution in [0.15, 0.2) is 36.0 Å². The van der Waals surface area contributed by atoms with E-state index in [1.54, 1.807) is 19.2 Å². The summed E-state index contributed by atoms with van der Waals surface area (Å²) in [6, 6.07) is 6.29. The van der Waals surface area contributed by atoms with Gasteiger partial charge in [0.25, 0.3) is 11.8 Å². The largest absolute Gasteiger partial charge is 0.395 e. The van der Waals surface area contributed by atoms with Crippen molar-refractivity contribution < 1.29 is 19.5 Å². The van der Waals surface area contributed by atoms with Crippen LogP contribution in [0.4, 0.5) is 10.5 Å². The molecule has 23 heavy (non-hydrogen) atoms. The van der Waals surface area contributed by atoms with Crippen LogP contribution in [0.2, 0.25) is 0 Å². The molecule has 0 aromatic heterocycles. The first-order chi connectivity index (χ1) is 11.0. The van der Waals surface area contributed by atoms with Gasteiger partial charge in [-0.05, 0) is 18.1 Å². The number of urea groups is 1. The molecule has 7 nitrogen and oxygen atoms in total. The molecule has 1 heterocycles. The number of imide groups is 2. The van der Waals surface area contributed by atoms with Crippen molar-refractivity contribution >= 4 is 23.5 Å². The van der Waals surface area contributed by atoms with Crippen LogP contribution in [-0.2, 0) is 16.0 Å². The number of hydrogen-bond donors (Lipinski definition) is 2. The minimum Gasteiger partial charge on any atom is -0.395 e. The molecule has 0 atom stereocenters. The summed E-state index contributed by atoms with van der Waals surface area (Å²) in [5.74, 6) is -1.42. The Morgan fingerprint density at radius 1 is 1.26 bits per heavy atom. The molecule has 0 unspecified atom stereocenters. The quantitative estimate of drug-likeness (QED) is 0.614. The number of anilines is 1. The summed E-state index contributed by atoms with van der Waals surface area (Å²) in [4.78, 5) is 39.2. The molecule has 0 bridgehead atoms. The molecule has 1 aromatic carbocycles. The van der Waals surface area contributed by atoms with Crippen LogP contribution in [0.5, 0.6) is 0 Å². The van der Waals surface area contributed by atoms with Crippen LogP contribution in [0.1, 0.15) is 12.5 Å². The van der Waals surface area contributed by atoms with Crippen molar-refractivity contribution in [3.63, 3.8) is 0 Å². The maximum Gasteiger partial charge on any atom is 0.335 e. The predicted molar refractivity (Wildman–Crippen MR) is 84.6 cm³/mol. The number of amides is 4. The zero-order valence-corrected chi connectivity index (χ0v) is 13.1. The molecule has 0 spiro atoms. The number of barbiturate groups is 1. The monoisotopic (exact) mass is 317 g/mol. The van der Waals surface area contributed by atoms with Gasteiger partial charge in [-0.15, -0.1) is 0 Å². The van der Waals surface area contributed by atoms with Crippen LogP contribution >= 0.6 is 0 Å². The summed E-state index contributed by atoms with van der Waals surface area (Å²) in [6.45, 7) is 2.07. The standard InChI is InChI=1S/C16H19N3O4/c1-3-11-6-4-5-7-13(11)19-15(22)12(10-18(2)8-9-20)14(21)17-16(19)23/h4-7,10,20H,3,8-9H2,1-2H3,(H,17,21,23)/b12-10+. The number of nitrogens with one attached hydrogen (secondary N) is 1. The summed E-state index contributed by atoms with van der Waals surface area (Å²) in [5.41, 5.74) is 1.14. The van der Waals surface area contributed by atoms with Crippen molar-refractivity contribution in [3.05, 3.63) is 41.6 Å². The first-order valence-electron chi connectivity index (χ1n) is 7.30. The number of aliphatic hydroxyl groups is 1. The third-order valence-electron chi connectivity index (χ3n) is 3.52. The Kier molecular flexibility index (Phi) is 5.13. The van der Waals surface area contributed by atoms with Crippen molar-refractivity contribution in [1.29, 1.82) is 0 Å². The summed E-state index contributed by atoms with van der Waals surface area (Å²) >= 11 is 0. The van der Waals surface area contributed by atoms with Crippen molar-refractivity contribution in [2.45, 2.75) is 13.3 Å². The van der Waals surface area contributed by atoms with Gasteiger partial charge in [-0.1, -0.05) is 25.1 Å². The van der Waals surface area contributed by atoms with E-state index in [2.05, 4.69) is 5.32 Å². The number of likely N-dealkylation sites (N-methyl/N-ethyl adjacent to an activating group) is 1. The van der Waals surface area contributed by atoms with Crippen molar-refractivity contribution in [2.24, 2.45) is 0 Å². The average molecular weight is 317 g/mol. The van der Waals surface area contributed by atoms with Gasteiger partial charge < -0.3 is 10.0 Å². The molecule has 1 saturated heterocycles. The highest BCUT2D eigenvalue weighted by Crippen LogP contribution is 2.25. The molecule has 122 valence electrons. The highest BCUT2D eigenvalue weighted by molar-refractivity contribution is 6.37. The number of para-hydroxylation sites is 1. The first kappa shape index (κ1) is 16.7. The molecule has 1 aromatic rings. The van der Waals surface area contributed by atoms with Gasteiger partial charge >= 0.3 is 6.03 Å². The third kappa shape index (κ3) is 3.40. The lowest BCUT2D eigenvalue weighted by molar-refractivity contribution is -0.122. The van der Waals surface area contributed by atoms with Crippen molar-refractivity contribution in [3.8, 4) is 0 Å². The fourth-order valence-electron chi connectivity index (χ4n) is 2.33. The lowest BCUT2D eigenvalue weighted by Gasteiger charge is -2.28. The van der Waals surface area contributed by atoms with Crippen LogP contribution < -0.4 is 10.2 Å². The topological polar surface area (TPSA) is 90.0 Å². The zero-order chi connectivity index (χ0) is 17.0. The van der Waals surface area contributed by atoms with E-state index in [0.29, 0.717) is 12.1 Å². The number of carbonyl (C=O) groups excluding carboxylic acids is 3. The normalized spacial score (nSPS) is 16.7. The lowest BCUT2D eigenvalue weighted by Crippen LogP contribution is -2.55. The Hall–Kier alpha value is -2.67. The second-order valence-electron chi connectivity index (χ2n) is 5.13. The van der Waals surface area contributed by atoms with Gasteiger partial charge in [-0.2, -0.15) is 0 Å². The van der Waals surface area contributed by atoms with Gasteiger partial charge in [0.05, 0.1) is 12.3 Å². The van der Waals surface area contributed by atoms with Gasteiger partial charge in [0.2, 0.25) is 0 Å². The zero-order valence-electron chi connectivity index (χ0n) is 13.1. The fraction of sp³-hybridized carbons (Fsp3) is 0.312. The van der Waals surface area contributed by atoms with Gasteiger partial charge in [-0.3, -0.25) is 14.9 Å². The van der Waals surface area contributed by atoms with Gasteiger partial charge in [0.1, 0.15) is 5.57 Å². The molecule has 2 N–H and O–H groups in total. The van der Waals surface area contributed by atoms with Crippen LogP contribution in [0, 0.1) is 0 Å². The Bertz CT molecular complexity index is 669. The summed E-state index contributed by atoms with van der Waals surface area (Å²) < 4.78 is 0. The Balaban J connectivity index is 2.42. The minimum atomic E-state index is -0.761. The molecule has 4 amide bonds. The van der Waals surface area contributed by atoms with E-state index >= 15 is 0 Å².